The molecule has 1 amide bonds. The maximum atomic E-state index is 13.3. The van der Waals surface area contributed by atoms with E-state index in [4.69, 9.17) is 4.74 Å². The van der Waals surface area contributed by atoms with Crippen LogP contribution in [0.1, 0.15) is 54.0 Å². The lowest BCUT2D eigenvalue weighted by molar-refractivity contribution is -1.12. The summed E-state index contributed by atoms with van der Waals surface area (Å²) in [5.41, 5.74) is 5.51. The maximum absolute atomic E-state index is 13.3. The molecule has 1 spiro atoms. The number of rotatable bonds is 1. The third kappa shape index (κ3) is 2.93. The van der Waals surface area contributed by atoms with Crippen molar-refractivity contribution in [3.05, 3.63) is 64.2 Å². The average molecular weight is 472 g/mol. The Kier molecular flexibility index (Phi) is 4.75. The van der Waals surface area contributed by atoms with E-state index in [9.17, 15) is 10.0 Å². The number of carbonyl (C=O) groups excluding carboxylic acids is 1. The van der Waals surface area contributed by atoms with Crippen molar-refractivity contribution in [1.82, 2.24) is 4.90 Å². The molecule has 2 bridgehead atoms. The number of aryl methyl sites for hydroxylation is 2. The molecule has 2 fully saturated rings. The molecule has 2 heterocycles. The second kappa shape index (κ2) is 7.35. The van der Waals surface area contributed by atoms with E-state index in [-0.39, 0.29) is 39.6 Å². The van der Waals surface area contributed by atoms with Gasteiger partial charge >= 0.3 is 0 Å². The van der Waals surface area contributed by atoms with Crippen molar-refractivity contribution >= 4 is 5.91 Å². The number of likely N-dealkylation sites (N-methyl/N-ethyl adjacent to an activating group) is 2. The van der Waals surface area contributed by atoms with Crippen LogP contribution in [0, 0.1) is 31.1 Å². The molecule has 35 heavy (non-hydrogen) atoms. The van der Waals surface area contributed by atoms with Gasteiger partial charge in [-0.25, -0.2) is 5.21 Å². The topological polar surface area (TPSA) is 49.8 Å². The third-order valence-corrected chi connectivity index (χ3v) is 9.87. The summed E-state index contributed by atoms with van der Waals surface area (Å²) in [6, 6.07) is 12.4. The highest BCUT2D eigenvalue weighted by Gasteiger charge is 2.75. The Balaban J connectivity index is 1.41. The lowest BCUT2D eigenvalue weighted by Gasteiger charge is -2.65. The summed E-state index contributed by atoms with van der Waals surface area (Å²) in [5.74, 6) is 6.80. The van der Waals surface area contributed by atoms with Crippen LogP contribution in [-0.2, 0) is 16.6 Å². The average Bonchev–Trinajstić information content (AvgIpc) is 3.17. The third-order valence-electron chi connectivity index (χ3n) is 9.87. The lowest BCUT2D eigenvalue weighted by atomic mass is 9.43. The molecule has 5 heteroatoms. The van der Waals surface area contributed by atoms with Gasteiger partial charge < -0.3 is 9.64 Å². The van der Waals surface area contributed by atoms with Crippen molar-refractivity contribution in [2.45, 2.75) is 70.1 Å². The number of quaternary nitrogens is 1. The van der Waals surface area contributed by atoms with Gasteiger partial charge in [0.2, 0.25) is 0 Å². The van der Waals surface area contributed by atoms with Gasteiger partial charge in [-0.3, -0.25) is 4.79 Å². The molecule has 2 aromatic carbocycles. The van der Waals surface area contributed by atoms with E-state index in [1.54, 1.807) is 0 Å². The number of benzene rings is 2. The van der Waals surface area contributed by atoms with Crippen molar-refractivity contribution in [2.24, 2.45) is 5.41 Å². The first-order chi connectivity index (χ1) is 16.6. The lowest BCUT2D eigenvalue weighted by Crippen LogP contribution is -2.76. The Morgan fingerprint density at radius 3 is 2.80 bits per heavy atom. The Hall–Kier alpha value is -2.81. The molecular formula is C30H35N2O3+. The summed E-state index contributed by atoms with van der Waals surface area (Å²) < 4.78 is 6.94. The van der Waals surface area contributed by atoms with Crippen LogP contribution < -0.4 is 4.74 Å². The predicted octanol–water partition coefficient (Wildman–Crippen LogP) is 4.15. The van der Waals surface area contributed by atoms with Gasteiger partial charge in [0.1, 0.15) is 24.4 Å². The standard InChI is InChI=1S/C30H35N2O3/c1-19-7-6-8-21(17-19)10-12-25(33)31(4)23-13-14-29(3)24-18-22-11-9-20(2)27-26(22)30(29,28(23)35-27)15-16-32(24,5)34/h6-9,11,17,23-24,28,34H,13-16,18H2,1-5H3/q+1/t23-,24-,28-,29-,30-,32?/m0/s1. The van der Waals surface area contributed by atoms with Crippen LogP contribution in [0.5, 0.6) is 5.75 Å². The summed E-state index contributed by atoms with van der Waals surface area (Å²) in [6.45, 7) is 7.22. The summed E-state index contributed by atoms with van der Waals surface area (Å²) >= 11 is 0. The zero-order valence-electron chi connectivity index (χ0n) is 21.4. The number of amides is 1. The first kappa shape index (κ1) is 22.6. The van der Waals surface area contributed by atoms with Crippen LogP contribution in [0.2, 0.25) is 0 Å². The SMILES string of the molecule is Cc1cccc(C#CC(=O)N(C)[C@H]2CC[C@@]3(C)[C@@H]4Cc5ccc(C)c6c5[C@@]3(CC[N+]4(C)O)[C@H]2O6)c1. The van der Waals surface area contributed by atoms with E-state index < -0.39 is 0 Å². The summed E-state index contributed by atoms with van der Waals surface area (Å²) in [7, 11) is 3.85. The van der Waals surface area contributed by atoms with Gasteiger partial charge in [-0.2, -0.15) is 4.65 Å². The van der Waals surface area contributed by atoms with Gasteiger partial charge in [-0.1, -0.05) is 37.1 Å². The molecular weight excluding hydrogens is 436 g/mol. The number of nitrogens with zero attached hydrogens (tertiary/aromatic N) is 2. The van der Waals surface area contributed by atoms with E-state index in [1.807, 2.05) is 50.2 Å². The second-order valence-corrected chi connectivity index (χ2v) is 11.7. The second-order valence-electron chi connectivity index (χ2n) is 11.7. The van der Waals surface area contributed by atoms with Crippen LogP contribution in [0.15, 0.2) is 36.4 Å². The molecule has 6 atom stereocenters. The van der Waals surface area contributed by atoms with Crippen molar-refractivity contribution < 1.29 is 19.4 Å². The molecule has 1 saturated carbocycles. The fourth-order valence-electron chi connectivity index (χ4n) is 8.05. The quantitative estimate of drug-likeness (QED) is 0.502. The molecule has 2 aromatic rings. The molecule has 2 aliphatic heterocycles. The van der Waals surface area contributed by atoms with Crippen LogP contribution in [0.4, 0.5) is 0 Å². The Morgan fingerprint density at radius 1 is 1.23 bits per heavy atom. The van der Waals surface area contributed by atoms with Crippen molar-refractivity contribution in [3.8, 4) is 17.6 Å². The zero-order valence-corrected chi connectivity index (χ0v) is 21.4. The first-order valence-electron chi connectivity index (χ1n) is 12.8. The number of piperidine rings is 1. The van der Waals surface area contributed by atoms with Gasteiger partial charge in [0.25, 0.3) is 5.91 Å². The van der Waals surface area contributed by atoms with E-state index in [1.165, 1.54) is 11.1 Å². The molecule has 1 unspecified atom stereocenters. The summed E-state index contributed by atoms with van der Waals surface area (Å²) in [6.07, 6.45) is 3.39. The summed E-state index contributed by atoms with van der Waals surface area (Å²) in [4.78, 5) is 15.1. The highest BCUT2D eigenvalue weighted by molar-refractivity contribution is 5.94. The minimum absolute atomic E-state index is 0.0590. The Morgan fingerprint density at radius 2 is 2.03 bits per heavy atom. The van der Waals surface area contributed by atoms with Crippen LogP contribution >= 0.6 is 0 Å². The van der Waals surface area contributed by atoms with Gasteiger partial charge in [-0.05, 0) is 55.5 Å². The van der Waals surface area contributed by atoms with Crippen molar-refractivity contribution in [1.29, 1.82) is 0 Å². The van der Waals surface area contributed by atoms with E-state index >= 15 is 0 Å². The molecule has 4 aliphatic rings. The maximum Gasteiger partial charge on any atom is 0.298 e. The van der Waals surface area contributed by atoms with Crippen molar-refractivity contribution in [2.75, 3.05) is 20.6 Å². The number of hydrogen-bond acceptors (Lipinski definition) is 3. The van der Waals surface area contributed by atoms with Gasteiger partial charge in [0.05, 0.1) is 18.5 Å². The minimum Gasteiger partial charge on any atom is -0.487 e. The highest BCUT2D eigenvalue weighted by atomic mass is 16.5. The zero-order chi connectivity index (χ0) is 24.8. The van der Waals surface area contributed by atoms with Gasteiger partial charge in [-0.15, -0.1) is 0 Å². The molecule has 0 radical (unpaired) electrons. The minimum atomic E-state index is -0.200. The van der Waals surface area contributed by atoms with Crippen LogP contribution in [0.3, 0.4) is 0 Å². The normalized spacial score (nSPS) is 35.9. The number of likely N-dealkylation sites (tertiary alicyclic amines) is 1. The Labute approximate surface area is 208 Å². The Bertz CT molecular complexity index is 1300. The molecule has 6 rings (SSSR count). The molecule has 0 aromatic heterocycles. The number of carbonyl (C=O) groups is 1. The monoisotopic (exact) mass is 471 g/mol. The number of hydrogen-bond donors (Lipinski definition) is 1. The van der Waals surface area contributed by atoms with E-state index in [0.29, 0.717) is 6.54 Å². The molecule has 182 valence electrons. The van der Waals surface area contributed by atoms with Gasteiger partial charge in [0, 0.05) is 42.4 Å². The van der Waals surface area contributed by atoms with Crippen LogP contribution in [-0.4, -0.2) is 59.5 Å². The van der Waals surface area contributed by atoms with Crippen molar-refractivity contribution in [3.63, 3.8) is 0 Å². The fraction of sp³-hybridized carbons (Fsp3) is 0.500. The van der Waals surface area contributed by atoms with Gasteiger partial charge in [0.15, 0.2) is 0 Å². The number of hydroxylamine groups is 3. The summed E-state index contributed by atoms with van der Waals surface area (Å²) in [5, 5.41) is 11.4. The molecule has 5 nitrogen and oxygen atoms in total. The fourth-order valence-corrected chi connectivity index (χ4v) is 8.05. The van der Waals surface area contributed by atoms with E-state index in [2.05, 4.69) is 37.8 Å². The van der Waals surface area contributed by atoms with E-state index in [0.717, 1.165) is 48.1 Å². The highest BCUT2D eigenvalue weighted by Crippen LogP contribution is 2.69. The molecule has 1 N–H and O–H groups in total. The first-order valence-corrected chi connectivity index (χ1v) is 12.8. The predicted molar refractivity (Wildman–Crippen MR) is 134 cm³/mol. The molecule has 2 aliphatic carbocycles. The van der Waals surface area contributed by atoms with Crippen LogP contribution in [0.25, 0.3) is 0 Å². The largest absolute Gasteiger partial charge is 0.487 e. The molecule has 1 saturated heterocycles. The number of ether oxygens (including phenoxy) is 1. The smallest absolute Gasteiger partial charge is 0.298 e.